The average molecular weight is 240 g/mol. The lowest BCUT2D eigenvalue weighted by atomic mass is 10.2. The van der Waals surface area contributed by atoms with Gasteiger partial charge in [0.15, 0.2) is 5.82 Å². The lowest BCUT2D eigenvalue weighted by Crippen LogP contribution is -2.29. The zero-order valence-corrected chi connectivity index (χ0v) is 9.75. The highest BCUT2D eigenvalue weighted by Crippen LogP contribution is 2.20. The third kappa shape index (κ3) is 1.86. The second kappa shape index (κ2) is 3.76. The molecule has 86 valence electrons. The highest BCUT2D eigenvalue weighted by Gasteiger charge is 2.16. The summed E-state index contributed by atoms with van der Waals surface area (Å²) in [6.45, 7) is 0. The van der Waals surface area contributed by atoms with Crippen LogP contribution < -0.4 is 4.72 Å². The summed E-state index contributed by atoms with van der Waals surface area (Å²) >= 11 is 0. The van der Waals surface area contributed by atoms with Crippen molar-refractivity contribution >= 4 is 26.9 Å². The number of H-pyrrole nitrogens is 1. The molecule has 1 aromatic heterocycles. The van der Waals surface area contributed by atoms with Gasteiger partial charge >= 0.3 is 10.2 Å². The van der Waals surface area contributed by atoms with Crippen LogP contribution in [0.15, 0.2) is 24.3 Å². The van der Waals surface area contributed by atoms with E-state index in [4.69, 9.17) is 0 Å². The van der Waals surface area contributed by atoms with Crippen molar-refractivity contribution < 1.29 is 8.42 Å². The van der Waals surface area contributed by atoms with E-state index in [9.17, 15) is 8.42 Å². The van der Waals surface area contributed by atoms with Gasteiger partial charge in [-0.05, 0) is 12.1 Å². The second-order valence-electron chi connectivity index (χ2n) is 3.51. The first kappa shape index (κ1) is 10.9. The second-order valence-corrected chi connectivity index (χ2v) is 5.39. The van der Waals surface area contributed by atoms with Crippen LogP contribution in [0.5, 0.6) is 0 Å². The van der Waals surface area contributed by atoms with Crippen molar-refractivity contribution in [3.8, 4) is 0 Å². The Hall–Kier alpha value is -1.60. The molecule has 0 fully saturated rings. The van der Waals surface area contributed by atoms with Crippen LogP contribution in [0.1, 0.15) is 0 Å². The number of hydrogen-bond acceptors (Lipinski definition) is 3. The van der Waals surface area contributed by atoms with Crippen molar-refractivity contribution in [3.63, 3.8) is 0 Å². The molecule has 6 nitrogen and oxygen atoms in total. The third-order valence-corrected chi connectivity index (χ3v) is 3.59. The standard InChI is InChI=1S/C9H12N4O2S/c1-13(2)16(14,15)12-9-7-5-3-4-6-8(7)10-11-9/h3-6H,1-2H3,(H2,10,11,12). The lowest BCUT2D eigenvalue weighted by Gasteiger charge is -2.11. The molecular formula is C9H12N4O2S. The molecule has 0 radical (unpaired) electrons. The summed E-state index contributed by atoms with van der Waals surface area (Å²) in [5.41, 5.74) is 0.791. The molecule has 2 rings (SSSR count). The van der Waals surface area contributed by atoms with Gasteiger partial charge in [-0.2, -0.15) is 17.8 Å². The summed E-state index contributed by atoms with van der Waals surface area (Å²) in [6.07, 6.45) is 0. The molecule has 0 unspecified atom stereocenters. The van der Waals surface area contributed by atoms with E-state index in [1.807, 2.05) is 18.2 Å². The Morgan fingerprint density at radius 1 is 1.31 bits per heavy atom. The molecule has 0 saturated carbocycles. The monoisotopic (exact) mass is 240 g/mol. The number of nitrogens with one attached hydrogen (secondary N) is 2. The highest BCUT2D eigenvalue weighted by molar-refractivity contribution is 7.90. The van der Waals surface area contributed by atoms with E-state index < -0.39 is 10.2 Å². The van der Waals surface area contributed by atoms with E-state index in [-0.39, 0.29) is 0 Å². The van der Waals surface area contributed by atoms with Gasteiger partial charge in [0.2, 0.25) is 0 Å². The van der Waals surface area contributed by atoms with Gasteiger partial charge in [-0.3, -0.25) is 9.82 Å². The highest BCUT2D eigenvalue weighted by atomic mass is 32.2. The molecule has 0 bridgehead atoms. The molecule has 0 aliphatic carbocycles. The summed E-state index contributed by atoms with van der Waals surface area (Å²) in [5.74, 6) is 0.310. The summed E-state index contributed by atoms with van der Waals surface area (Å²) in [7, 11) is -0.601. The molecule has 2 aromatic rings. The van der Waals surface area contributed by atoms with Crippen molar-refractivity contribution in [2.45, 2.75) is 0 Å². The van der Waals surface area contributed by atoms with E-state index in [2.05, 4.69) is 14.9 Å². The predicted octanol–water partition coefficient (Wildman–Crippen LogP) is 0.781. The molecule has 1 aromatic carbocycles. The van der Waals surface area contributed by atoms with Gasteiger partial charge in [0, 0.05) is 19.5 Å². The largest absolute Gasteiger partial charge is 0.302 e. The Morgan fingerprint density at radius 2 is 2.00 bits per heavy atom. The first-order valence-corrected chi connectivity index (χ1v) is 6.08. The van der Waals surface area contributed by atoms with Crippen LogP contribution >= 0.6 is 0 Å². The van der Waals surface area contributed by atoms with E-state index in [1.165, 1.54) is 14.1 Å². The SMILES string of the molecule is CN(C)S(=O)(=O)Nc1n[nH]c2ccccc12. The molecular weight excluding hydrogens is 228 g/mol. The molecule has 7 heteroatoms. The number of benzene rings is 1. The van der Waals surface area contributed by atoms with E-state index in [0.29, 0.717) is 5.82 Å². The molecule has 0 spiro atoms. The van der Waals surface area contributed by atoms with Crippen LogP contribution in [-0.4, -0.2) is 37.0 Å². The minimum atomic E-state index is -3.51. The molecule has 16 heavy (non-hydrogen) atoms. The number of aromatic nitrogens is 2. The van der Waals surface area contributed by atoms with Gasteiger partial charge in [0.1, 0.15) is 0 Å². The number of anilines is 1. The van der Waals surface area contributed by atoms with Gasteiger partial charge < -0.3 is 0 Å². The number of rotatable bonds is 3. The Balaban J connectivity index is 2.43. The molecule has 0 saturated heterocycles. The van der Waals surface area contributed by atoms with E-state index in [0.717, 1.165) is 15.2 Å². The number of para-hydroxylation sites is 1. The maximum atomic E-state index is 11.6. The van der Waals surface area contributed by atoms with Gasteiger partial charge in [0.05, 0.1) is 5.52 Å². The zero-order chi connectivity index (χ0) is 11.8. The smallest absolute Gasteiger partial charge is 0.276 e. The Kier molecular flexibility index (Phi) is 2.56. The summed E-state index contributed by atoms with van der Waals surface area (Å²) < 4.78 is 26.7. The zero-order valence-electron chi connectivity index (χ0n) is 8.93. The van der Waals surface area contributed by atoms with E-state index >= 15 is 0 Å². The summed E-state index contributed by atoms with van der Waals surface area (Å²) in [5, 5.41) is 7.42. The van der Waals surface area contributed by atoms with Gasteiger partial charge in [-0.15, -0.1) is 0 Å². The first-order chi connectivity index (χ1) is 7.50. The quantitative estimate of drug-likeness (QED) is 0.832. The van der Waals surface area contributed by atoms with Crippen LogP contribution in [0.3, 0.4) is 0 Å². The summed E-state index contributed by atoms with van der Waals surface area (Å²) in [4.78, 5) is 0. The third-order valence-electron chi connectivity index (χ3n) is 2.18. The summed E-state index contributed by atoms with van der Waals surface area (Å²) in [6, 6.07) is 7.30. The number of nitrogens with zero attached hydrogens (tertiary/aromatic N) is 2. The molecule has 0 aliphatic rings. The molecule has 0 aliphatic heterocycles. The normalized spacial score (nSPS) is 12.2. The van der Waals surface area contributed by atoms with Crippen molar-refractivity contribution in [1.82, 2.24) is 14.5 Å². The number of hydrogen-bond donors (Lipinski definition) is 2. The van der Waals surface area contributed by atoms with Crippen molar-refractivity contribution in [3.05, 3.63) is 24.3 Å². The van der Waals surface area contributed by atoms with Crippen molar-refractivity contribution in [2.75, 3.05) is 18.8 Å². The topological polar surface area (TPSA) is 78.1 Å². The molecule has 1 heterocycles. The van der Waals surface area contributed by atoms with Crippen molar-refractivity contribution in [2.24, 2.45) is 0 Å². The fourth-order valence-electron chi connectivity index (χ4n) is 1.25. The van der Waals surface area contributed by atoms with Crippen LogP contribution in [0.4, 0.5) is 5.82 Å². The van der Waals surface area contributed by atoms with Gasteiger partial charge in [-0.25, -0.2) is 0 Å². The molecule has 0 amide bonds. The average Bonchev–Trinajstić information content (AvgIpc) is 2.61. The predicted molar refractivity (Wildman–Crippen MR) is 62.3 cm³/mol. The minimum Gasteiger partial charge on any atom is -0.276 e. The first-order valence-electron chi connectivity index (χ1n) is 4.64. The van der Waals surface area contributed by atoms with Crippen LogP contribution in [-0.2, 0) is 10.2 Å². The Bertz CT molecular complexity index is 603. The van der Waals surface area contributed by atoms with Gasteiger partial charge in [0.25, 0.3) is 0 Å². The molecule has 2 N–H and O–H groups in total. The van der Waals surface area contributed by atoms with Gasteiger partial charge in [-0.1, -0.05) is 12.1 Å². The fourth-order valence-corrected chi connectivity index (χ4v) is 1.84. The minimum absolute atomic E-state index is 0.310. The van der Waals surface area contributed by atoms with Crippen LogP contribution in [0, 0.1) is 0 Å². The molecule has 0 atom stereocenters. The van der Waals surface area contributed by atoms with Crippen LogP contribution in [0.2, 0.25) is 0 Å². The fraction of sp³-hybridized carbons (Fsp3) is 0.222. The Labute approximate surface area is 93.4 Å². The maximum Gasteiger partial charge on any atom is 0.302 e. The number of fused-ring (bicyclic) bond motifs is 1. The lowest BCUT2D eigenvalue weighted by molar-refractivity contribution is 0.526. The van der Waals surface area contributed by atoms with Crippen molar-refractivity contribution in [1.29, 1.82) is 0 Å². The number of aromatic amines is 1. The van der Waals surface area contributed by atoms with E-state index in [1.54, 1.807) is 6.07 Å². The maximum absolute atomic E-state index is 11.6. The Morgan fingerprint density at radius 3 is 2.69 bits per heavy atom. The van der Waals surface area contributed by atoms with Crippen LogP contribution in [0.25, 0.3) is 10.9 Å².